The van der Waals surface area contributed by atoms with E-state index >= 15 is 0 Å². The Morgan fingerprint density at radius 2 is 1.83 bits per heavy atom. The van der Waals surface area contributed by atoms with Gasteiger partial charge in [0.25, 0.3) is 0 Å². The summed E-state index contributed by atoms with van der Waals surface area (Å²) in [6, 6.07) is 1.57. The largest absolute Gasteiger partial charge is 0.489 e. The fourth-order valence-corrected chi connectivity index (χ4v) is 2.16. The molecule has 0 aliphatic heterocycles. The third-order valence-electron chi connectivity index (χ3n) is 3.71. The fraction of sp³-hybridized carbons (Fsp3) is 0.500. The van der Waals surface area contributed by atoms with Crippen LogP contribution in [0.4, 0.5) is 32.3 Å². The van der Waals surface area contributed by atoms with Crippen LogP contribution in [0.25, 0.3) is 5.65 Å². The summed E-state index contributed by atoms with van der Waals surface area (Å²) in [6.07, 6.45) is -9.31. The molecule has 0 unspecified atom stereocenters. The van der Waals surface area contributed by atoms with Crippen molar-refractivity contribution in [3.8, 4) is 5.75 Å². The third kappa shape index (κ3) is 2.63. The number of pyridine rings is 1. The van der Waals surface area contributed by atoms with Gasteiger partial charge in [0, 0.05) is 0 Å². The predicted octanol–water partition coefficient (Wildman–Crippen LogP) is 3.05. The van der Waals surface area contributed by atoms with Crippen molar-refractivity contribution in [2.75, 3.05) is 12.3 Å². The van der Waals surface area contributed by atoms with Gasteiger partial charge < -0.3 is 10.5 Å². The number of anilines is 1. The van der Waals surface area contributed by atoms with Gasteiger partial charge in [-0.05, 0) is 25.0 Å². The number of fused-ring (bicyclic) bond motifs is 1. The first-order valence-corrected chi connectivity index (χ1v) is 6.45. The SMILES string of the molecule is Nc1nc2c(OCC3(C(F)(F)F)CC3)ccc(C(F)(F)F)n2n1. The second-order valence-electron chi connectivity index (χ2n) is 5.35. The Bertz CT molecular complexity index is 746. The first kappa shape index (κ1) is 15.7. The number of hydrogen-bond donors (Lipinski definition) is 1. The van der Waals surface area contributed by atoms with Crippen LogP contribution in [0, 0.1) is 5.41 Å². The van der Waals surface area contributed by atoms with Crippen molar-refractivity contribution >= 4 is 11.6 Å². The highest BCUT2D eigenvalue weighted by atomic mass is 19.4. The van der Waals surface area contributed by atoms with Gasteiger partial charge in [0.2, 0.25) is 5.95 Å². The molecule has 0 radical (unpaired) electrons. The molecular weight excluding hydrogens is 330 g/mol. The van der Waals surface area contributed by atoms with E-state index in [1.165, 1.54) is 0 Å². The van der Waals surface area contributed by atoms with Gasteiger partial charge in [-0.25, -0.2) is 4.52 Å². The number of alkyl halides is 6. The summed E-state index contributed by atoms with van der Waals surface area (Å²) < 4.78 is 82.7. The molecule has 126 valence electrons. The summed E-state index contributed by atoms with van der Waals surface area (Å²) in [7, 11) is 0. The smallest absolute Gasteiger partial charge is 0.433 e. The zero-order valence-corrected chi connectivity index (χ0v) is 11.4. The van der Waals surface area contributed by atoms with E-state index in [2.05, 4.69) is 10.1 Å². The van der Waals surface area contributed by atoms with E-state index in [0.717, 1.165) is 6.07 Å². The number of nitrogens with two attached hydrogens (primary N) is 1. The van der Waals surface area contributed by atoms with Crippen molar-refractivity contribution in [2.24, 2.45) is 5.41 Å². The number of hydrogen-bond acceptors (Lipinski definition) is 4. The molecule has 0 spiro atoms. The molecule has 11 heteroatoms. The van der Waals surface area contributed by atoms with Gasteiger partial charge in [-0.1, -0.05) is 0 Å². The van der Waals surface area contributed by atoms with Crippen molar-refractivity contribution in [1.82, 2.24) is 14.6 Å². The maximum atomic E-state index is 12.9. The quantitative estimate of drug-likeness (QED) is 0.872. The van der Waals surface area contributed by atoms with Crippen molar-refractivity contribution in [2.45, 2.75) is 25.2 Å². The number of nitrogen functional groups attached to an aromatic ring is 1. The van der Waals surface area contributed by atoms with Crippen molar-refractivity contribution in [1.29, 1.82) is 0 Å². The van der Waals surface area contributed by atoms with Gasteiger partial charge in [-0.2, -0.15) is 31.3 Å². The summed E-state index contributed by atoms with van der Waals surface area (Å²) in [6.45, 7) is -0.690. The van der Waals surface area contributed by atoms with E-state index in [9.17, 15) is 26.3 Å². The van der Waals surface area contributed by atoms with E-state index in [1.54, 1.807) is 0 Å². The number of nitrogens with zero attached hydrogens (tertiary/aromatic N) is 3. The van der Waals surface area contributed by atoms with Crippen molar-refractivity contribution in [3.05, 3.63) is 17.8 Å². The Labute approximate surface area is 125 Å². The molecule has 0 atom stereocenters. The Balaban J connectivity index is 1.94. The molecule has 1 aliphatic rings. The first-order valence-electron chi connectivity index (χ1n) is 6.45. The summed E-state index contributed by atoms with van der Waals surface area (Å²) in [5.74, 6) is -0.679. The summed E-state index contributed by atoms with van der Waals surface area (Å²) in [4.78, 5) is 3.59. The Morgan fingerprint density at radius 3 is 2.35 bits per heavy atom. The van der Waals surface area contributed by atoms with Gasteiger partial charge >= 0.3 is 12.4 Å². The third-order valence-corrected chi connectivity index (χ3v) is 3.71. The monoisotopic (exact) mass is 340 g/mol. The van der Waals surface area contributed by atoms with Crippen LogP contribution in [-0.2, 0) is 6.18 Å². The lowest BCUT2D eigenvalue weighted by atomic mass is 10.1. The van der Waals surface area contributed by atoms with Crippen molar-refractivity contribution < 1.29 is 31.1 Å². The summed E-state index contributed by atoms with van der Waals surface area (Å²) >= 11 is 0. The topological polar surface area (TPSA) is 65.4 Å². The molecule has 3 rings (SSSR count). The summed E-state index contributed by atoms with van der Waals surface area (Å²) in [5.41, 5.74) is 1.81. The van der Waals surface area contributed by atoms with Crippen molar-refractivity contribution in [3.63, 3.8) is 0 Å². The van der Waals surface area contributed by atoms with E-state index in [1.807, 2.05) is 0 Å². The van der Waals surface area contributed by atoms with Crippen LogP contribution in [0.2, 0.25) is 0 Å². The zero-order chi connectivity index (χ0) is 17.0. The molecule has 0 aromatic carbocycles. The molecular formula is C12H10F6N4O. The molecule has 0 saturated heterocycles. The number of halogens is 6. The second kappa shape index (κ2) is 4.65. The molecule has 2 aromatic heterocycles. The molecule has 0 bridgehead atoms. The maximum Gasteiger partial charge on any atom is 0.433 e. The van der Waals surface area contributed by atoms with E-state index in [0.29, 0.717) is 10.6 Å². The molecule has 2 aromatic rings. The minimum absolute atomic E-state index is 0.0811. The van der Waals surface area contributed by atoms with E-state index in [-0.39, 0.29) is 24.2 Å². The Hall–Kier alpha value is -2.20. The average Bonchev–Trinajstić information content (AvgIpc) is 3.10. The van der Waals surface area contributed by atoms with E-state index < -0.39 is 36.0 Å². The van der Waals surface area contributed by atoms with E-state index in [4.69, 9.17) is 10.5 Å². The van der Waals surface area contributed by atoms with Crippen LogP contribution < -0.4 is 10.5 Å². The lowest BCUT2D eigenvalue weighted by molar-refractivity contribution is -0.194. The lowest BCUT2D eigenvalue weighted by Gasteiger charge is -2.19. The van der Waals surface area contributed by atoms with Crippen LogP contribution >= 0.6 is 0 Å². The van der Waals surface area contributed by atoms with Gasteiger partial charge in [0.15, 0.2) is 11.4 Å². The number of aromatic nitrogens is 3. The predicted molar refractivity (Wildman–Crippen MR) is 65.6 cm³/mol. The van der Waals surface area contributed by atoms with Crippen LogP contribution in [0.5, 0.6) is 5.75 Å². The second-order valence-corrected chi connectivity index (χ2v) is 5.35. The molecule has 2 N–H and O–H groups in total. The standard InChI is InChI=1S/C12H10F6N4O/c13-11(14,15)7-2-1-6(8-20-9(19)21-22(7)8)23-5-10(3-4-10)12(16,17)18/h1-2H,3-5H2,(H2,19,21). The minimum Gasteiger partial charge on any atom is -0.489 e. The van der Waals surface area contributed by atoms with Crippen LogP contribution in [-0.4, -0.2) is 27.4 Å². The molecule has 23 heavy (non-hydrogen) atoms. The normalized spacial score (nSPS) is 17.5. The Morgan fingerprint density at radius 1 is 1.17 bits per heavy atom. The van der Waals surface area contributed by atoms with Crippen LogP contribution in [0.15, 0.2) is 12.1 Å². The van der Waals surface area contributed by atoms with Gasteiger partial charge in [-0.15, -0.1) is 5.10 Å². The maximum absolute atomic E-state index is 12.9. The lowest BCUT2D eigenvalue weighted by Crippen LogP contribution is -2.30. The molecule has 1 aliphatic carbocycles. The zero-order valence-electron chi connectivity index (χ0n) is 11.4. The molecule has 1 fully saturated rings. The van der Waals surface area contributed by atoms with Crippen LogP contribution in [0.1, 0.15) is 18.5 Å². The Kier molecular flexibility index (Phi) is 3.17. The molecule has 2 heterocycles. The number of rotatable bonds is 3. The minimum atomic E-state index is -4.72. The highest BCUT2D eigenvalue weighted by Crippen LogP contribution is 2.57. The summed E-state index contributed by atoms with van der Waals surface area (Å²) in [5, 5.41) is 3.41. The van der Waals surface area contributed by atoms with Gasteiger partial charge in [0.05, 0.1) is 0 Å². The number of ether oxygens (including phenoxy) is 1. The average molecular weight is 340 g/mol. The molecule has 0 amide bonds. The molecule has 5 nitrogen and oxygen atoms in total. The van der Waals surface area contributed by atoms with Gasteiger partial charge in [0.1, 0.15) is 17.7 Å². The van der Waals surface area contributed by atoms with Gasteiger partial charge in [-0.3, -0.25) is 0 Å². The van der Waals surface area contributed by atoms with Crippen LogP contribution in [0.3, 0.4) is 0 Å². The highest BCUT2D eigenvalue weighted by molar-refractivity contribution is 5.56. The molecule has 1 saturated carbocycles. The highest BCUT2D eigenvalue weighted by Gasteiger charge is 2.64. The fourth-order valence-electron chi connectivity index (χ4n) is 2.16. The first-order chi connectivity index (χ1) is 10.5.